The average molecular weight is 270 g/mol. The fraction of sp³-hybridized carbons (Fsp3) is 0.538. The molecule has 1 aliphatic heterocycles. The molecule has 0 unspecified atom stereocenters. The van der Waals surface area contributed by atoms with Crippen molar-refractivity contribution in [3.05, 3.63) is 24.0 Å². The smallest absolute Gasteiger partial charge is 0.148 e. The van der Waals surface area contributed by atoms with Gasteiger partial charge in [0.1, 0.15) is 5.82 Å². The zero-order valence-corrected chi connectivity index (χ0v) is 10.7. The van der Waals surface area contributed by atoms with Gasteiger partial charge in [0.05, 0.1) is 31.6 Å². The van der Waals surface area contributed by atoms with Crippen molar-refractivity contribution < 1.29 is 19.3 Å². The van der Waals surface area contributed by atoms with Gasteiger partial charge in [0.15, 0.2) is 0 Å². The van der Waals surface area contributed by atoms with Crippen LogP contribution in [0.3, 0.4) is 0 Å². The molecule has 0 spiro atoms. The lowest BCUT2D eigenvalue weighted by Crippen LogP contribution is -2.36. The molecule has 1 aromatic rings. The number of halogens is 1. The molecule has 0 aliphatic carbocycles. The minimum Gasteiger partial charge on any atom is -0.394 e. The minimum absolute atomic E-state index is 0.187. The van der Waals surface area contributed by atoms with E-state index in [1.807, 2.05) is 4.90 Å². The predicted molar refractivity (Wildman–Crippen MR) is 71.0 cm³/mol. The first-order valence-electron chi connectivity index (χ1n) is 6.35. The van der Waals surface area contributed by atoms with Crippen LogP contribution < -0.4 is 10.2 Å². The van der Waals surface area contributed by atoms with Gasteiger partial charge < -0.3 is 25.2 Å². The van der Waals surface area contributed by atoms with Crippen LogP contribution in [0.15, 0.2) is 18.2 Å². The third-order valence-corrected chi connectivity index (χ3v) is 3.05. The molecule has 0 radical (unpaired) electrons. The molecular weight excluding hydrogens is 251 g/mol. The van der Waals surface area contributed by atoms with E-state index < -0.39 is 6.10 Å². The van der Waals surface area contributed by atoms with Gasteiger partial charge in [-0.1, -0.05) is 0 Å². The zero-order valence-electron chi connectivity index (χ0n) is 10.7. The summed E-state index contributed by atoms with van der Waals surface area (Å²) in [6.45, 7) is 2.47. The maximum Gasteiger partial charge on any atom is 0.148 e. The van der Waals surface area contributed by atoms with Crippen molar-refractivity contribution in [1.29, 1.82) is 0 Å². The molecular formula is C13H19FN2O3. The van der Waals surface area contributed by atoms with E-state index in [1.165, 1.54) is 6.07 Å². The highest BCUT2D eigenvalue weighted by Crippen LogP contribution is 2.23. The van der Waals surface area contributed by atoms with Gasteiger partial charge in [-0.05, 0) is 18.2 Å². The molecule has 0 amide bonds. The van der Waals surface area contributed by atoms with Crippen molar-refractivity contribution in [2.75, 3.05) is 49.7 Å². The van der Waals surface area contributed by atoms with Gasteiger partial charge >= 0.3 is 0 Å². The maximum atomic E-state index is 14.0. The molecule has 1 atom stereocenters. The molecule has 1 saturated heterocycles. The minimum atomic E-state index is -0.845. The van der Waals surface area contributed by atoms with Crippen LogP contribution in [0.25, 0.3) is 0 Å². The second-order valence-corrected chi connectivity index (χ2v) is 4.48. The number of nitrogens with zero attached hydrogens (tertiary/aromatic N) is 1. The van der Waals surface area contributed by atoms with Crippen LogP contribution >= 0.6 is 0 Å². The Labute approximate surface area is 111 Å². The summed E-state index contributed by atoms with van der Waals surface area (Å²) in [5, 5.41) is 20.8. The fourth-order valence-electron chi connectivity index (χ4n) is 1.98. The Morgan fingerprint density at radius 3 is 2.74 bits per heavy atom. The molecule has 106 valence electrons. The van der Waals surface area contributed by atoms with Gasteiger partial charge in [-0.2, -0.15) is 0 Å². The number of aliphatic hydroxyl groups is 2. The first-order chi connectivity index (χ1) is 9.20. The molecule has 2 rings (SSSR count). The third-order valence-electron chi connectivity index (χ3n) is 3.05. The molecule has 0 aromatic heterocycles. The van der Waals surface area contributed by atoms with E-state index >= 15 is 0 Å². The summed E-state index contributed by atoms with van der Waals surface area (Å²) in [7, 11) is 0. The number of anilines is 2. The lowest BCUT2D eigenvalue weighted by molar-refractivity contribution is 0.105. The van der Waals surface area contributed by atoms with Crippen LogP contribution in [0, 0.1) is 5.82 Å². The normalized spacial score (nSPS) is 17.3. The second-order valence-electron chi connectivity index (χ2n) is 4.48. The number of nitrogens with one attached hydrogen (secondary N) is 1. The molecule has 6 heteroatoms. The van der Waals surface area contributed by atoms with Crippen molar-refractivity contribution in [3.8, 4) is 0 Å². The lowest BCUT2D eigenvalue weighted by atomic mass is 10.2. The van der Waals surface area contributed by atoms with Crippen LogP contribution in [0.2, 0.25) is 0 Å². The molecule has 1 heterocycles. The first kappa shape index (κ1) is 14.0. The third kappa shape index (κ3) is 3.79. The van der Waals surface area contributed by atoms with Gasteiger partial charge in [0.25, 0.3) is 0 Å². The largest absolute Gasteiger partial charge is 0.394 e. The summed E-state index contributed by atoms with van der Waals surface area (Å²) < 4.78 is 19.2. The molecule has 3 N–H and O–H groups in total. The maximum absolute atomic E-state index is 14.0. The predicted octanol–water partition coefficient (Wildman–Crippen LogP) is 0.427. The van der Waals surface area contributed by atoms with E-state index in [1.54, 1.807) is 12.1 Å². The van der Waals surface area contributed by atoms with Gasteiger partial charge in [0.2, 0.25) is 0 Å². The Balaban J connectivity index is 2.00. The van der Waals surface area contributed by atoms with E-state index in [2.05, 4.69) is 5.32 Å². The Hall–Kier alpha value is -1.37. The number of ether oxygens (including phenoxy) is 1. The van der Waals surface area contributed by atoms with E-state index in [0.29, 0.717) is 37.7 Å². The van der Waals surface area contributed by atoms with Crippen LogP contribution in [0.4, 0.5) is 15.8 Å². The summed E-state index contributed by atoms with van der Waals surface area (Å²) in [5.41, 5.74) is 1.15. The standard InChI is InChI=1S/C13H19FN2O3/c14-12-7-10(15-8-11(18)9-17)1-2-13(12)16-3-5-19-6-4-16/h1-2,7,11,15,17-18H,3-6,8-9H2/t11-/m1/s1. The molecule has 1 fully saturated rings. The summed E-state index contributed by atoms with van der Waals surface area (Å²) in [6, 6.07) is 4.88. The van der Waals surface area contributed by atoms with Crippen LogP contribution in [0.5, 0.6) is 0 Å². The number of morpholine rings is 1. The van der Waals surface area contributed by atoms with Crippen LogP contribution in [0.1, 0.15) is 0 Å². The Kier molecular flexibility index (Phi) is 4.95. The summed E-state index contributed by atoms with van der Waals surface area (Å²) in [4.78, 5) is 1.95. The Bertz CT molecular complexity index is 411. The fourth-order valence-corrected chi connectivity index (χ4v) is 1.98. The number of benzene rings is 1. The molecule has 0 saturated carbocycles. The van der Waals surface area contributed by atoms with E-state index in [4.69, 9.17) is 9.84 Å². The van der Waals surface area contributed by atoms with Crippen molar-refractivity contribution in [2.24, 2.45) is 0 Å². The Morgan fingerprint density at radius 1 is 1.37 bits per heavy atom. The number of hydrogen-bond donors (Lipinski definition) is 3. The van der Waals surface area contributed by atoms with Gasteiger partial charge in [-0.15, -0.1) is 0 Å². The molecule has 19 heavy (non-hydrogen) atoms. The van der Waals surface area contributed by atoms with Crippen molar-refractivity contribution in [3.63, 3.8) is 0 Å². The van der Waals surface area contributed by atoms with Gasteiger partial charge in [0, 0.05) is 25.3 Å². The van der Waals surface area contributed by atoms with Crippen LogP contribution in [-0.4, -0.2) is 55.8 Å². The van der Waals surface area contributed by atoms with Crippen molar-refractivity contribution in [2.45, 2.75) is 6.10 Å². The molecule has 1 aromatic carbocycles. The van der Waals surface area contributed by atoms with Crippen molar-refractivity contribution in [1.82, 2.24) is 0 Å². The highest BCUT2D eigenvalue weighted by molar-refractivity contribution is 5.56. The number of aliphatic hydroxyl groups excluding tert-OH is 2. The summed E-state index contributed by atoms with van der Waals surface area (Å²) in [5.74, 6) is -0.301. The monoisotopic (exact) mass is 270 g/mol. The topological polar surface area (TPSA) is 65.0 Å². The van der Waals surface area contributed by atoms with E-state index in [-0.39, 0.29) is 19.0 Å². The van der Waals surface area contributed by atoms with E-state index in [0.717, 1.165) is 0 Å². The quantitative estimate of drug-likeness (QED) is 0.724. The van der Waals surface area contributed by atoms with Gasteiger partial charge in [-0.25, -0.2) is 4.39 Å². The number of hydrogen-bond acceptors (Lipinski definition) is 5. The SMILES string of the molecule is OC[C@H](O)CNc1ccc(N2CCOCC2)c(F)c1. The lowest BCUT2D eigenvalue weighted by Gasteiger charge is -2.29. The Morgan fingerprint density at radius 2 is 2.11 bits per heavy atom. The number of rotatable bonds is 5. The molecule has 1 aliphatic rings. The van der Waals surface area contributed by atoms with Crippen molar-refractivity contribution >= 4 is 11.4 Å². The zero-order chi connectivity index (χ0) is 13.7. The van der Waals surface area contributed by atoms with E-state index in [9.17, 15) is 9.50 Å². The molecule has 0 bridgehead atoms. The molecule has 5 nitrogen and oxygen atoms in total. The highest BCUT2D eigenvalue weighted by atomic mass is 19.1. The van der Waals surface area contributed by atoms with Crippen LogP contribution in [-0.2, 0) is 4.74 Å². The first-order valence-corrected chi connectivity index (χ1v) is 6.35. The summed E-state index contributed by atoms with van der Waals surface area (Å²) >= 11 is 0. The van der Waals surface area contributed by atoms with Gasteiger partial charge in [-0.3, -0.25) is 0 Å². The average Bonchev–Trinajstić information content (AvgIpc) is 2.45. The second kappa shape index (κ2) is 6.70. The highest BCUT2D eigenvalue weighted by Gasteiger charge is 2.15. The summed E-state index contributed by atoms with van der Waals surface area (Å²) in [6.07, 6.45) is -0.845.